The molecule has 84 valence electrons. The number of benzene rings is 1. The third-order valence-electron chi connectivity index (χ3n) is 2.12. The molecule has 0 aromatic heterocycles. The SMILES string of the molecule is CNCCN(C)c1ccc(F)c(F)c1F. The van der Waals surface area contributed by atoms with Crippen LogP contribution in [0.15, 0.2) is 12.1 Å². The minimum atomic E-state index is -1.43. The van der Waals surface area contributed by atoms with Crippen LogP contribution < -0.4 is 10.2 Å². The standard InChI is InChI=1S/C10H13F3N2/c1-14-5-6-15(2)8-4-3-7(11)9(12)10(8)13/h3-4,14H,5-6H2,1-2H3. The maximum atomic E-state index is 13.3. The van der Waals surface area contributed by atoms with E-state index >= 15 is 0 Å². The third-order valence-corrected chi connectivity index (χ3v) is 2.12. The number of halogens is 3. The zero-order chi connectivity index (χ0) is 11.4. The predicted molar refractivity (Wildman–Crippen MR) is 53.5 cm³/mol. The molecule has 0 fully saturated rings. The Balaban J connectivity index is 2.90. The average Bonchev–Trinajstić information content (AvgIpc) is 2.23. The molecular formula is C10H13F3N2. The van der Waals surface area contributed by atoms with Gasteiger partial charge in [-0.15, -0.1) is 0 Å². The summed E-state index contributed by atoms with van der Waals surface area (Å²) in [6.45, 7) is 1.15. The smallest absolute Gasteiger partial charge is 0.196 e. The van der Waals surface area contributed by atoms with Gasteiger partial charge in [-0.1, -0.05) is 0 Å². The fourth-order valence-electron chi connectivity index (χ4n) is 1.21. The second-order valence-corrected chi connectivity index (χ2v) is 3.22. The summed E-state index contributed by atoms with van der Waals surface area (Å²) < 4.78 is 38.8. The first-order chi connectivity index (χ1) is 7.07. The molecule has 15 heavy (non-hydrogen) atoms. The molecule has 1 rings (SSSR count). The molecule has 1 N–H and O–H groups in total. The zero-order valence-electron chi connectivity index (χ0n) is 8.65. The van der Waals surface area contributed by atoms with Crippen LogP contribution in [0.4, 0.5) is 18.9 Å². The Morgan fingerprint density at radius 1 is 1.20 bits per heavy atom. The van der Waals surface area contributed by atoms with Gasteiger partial charge in [-0.05, 0) is 19.2 Å². The van der Waals surface area contributed by atoms with Gasteiger partial charge < -0.3 is 10.2 Å². The molecule has 5 heteroatoms. The fourth-order valence-corrected chi connectivity index (χ4v) is 1.21. The molecule has 0 bridgehead atoms. The van der Waals surface area contributed by atoms with Crippen LogP contribution in [-0.2, 0) is 0 Å². The molecule has 0 radical (unpaired) electrons. The van der Waals surface area contributed by atoms with Gasteiger partial charge in [-0.25, -0.2) is 13.2 Å². The van der Waals surface area contributed by atoms with Gasteiger partial charge in [0, 0.05) is 20.1 Å². The molecule has 2 nitrogen and oxygen atoms in total. The molecule has 0 heterocycles. The lowest BCUT2D eigenvalue weighted by Crippen LogP contribution is -2.28. The van der Waals surface area contributed by atoms with E-state index in [9.17, 15) is 13.2 Å². The van der Waals surface area contributed by atoms with Crippen molar-refractivity contribution in [1.82, 2.24) is 5.32 Å². The van der Waals surface area contributed by atoms with Crippen molar-refractivity contribution in [2.24, 2.45) is 0 Å². The summed E-state index contributed by atoms with van der Waals surface area (Å²) >= 11 is 0. The van der Waals surface area contributed by atoms with E-state index < -0.39 is 17.5 Å². The van der Waals surface area contributed by atoms with Crippen LogP contribution in [0.2, 0.25) is 0 Å². The van der Waals surface area contributed by atoms with E-state index in [1.165, 1.54) is 11.0 Å². The van der Waals surface area contributed by atoms with Gasteiger partial charge in [0.1, 0.15) is 0 Å². The van der Waals surface area contributed by atoms with Gasteiger partial charge in [0.2, 0.25) is 0 Å². The van der Waals surface area contributed by atoms with Crippen molar-refractivity contribution in [3.05, 3.63) is 29.6 Å². The van der Waals surface area contributed by atoms with E-state index in [-0.39, 0.29) is 5.69 Å². The monoisotopic (exact) mass is 218 g/mol. The van der Waals surface area contributed by atoms with Crippen molar-refractivity contribution >= 4 is 5.69 Å². The van der Waals surface area contributed by atoms with Gasteiger partial charge in [0.15, 0.2) is 17.5 Å². The highest BCUT2D eigenvalue weighted by molar-refractivity contribution is 5.47. The maximum Gasteiger partial charge on any atom is 0.196 e. The number of rotatable bonds is 4. The van der Waals surface area contributed by atoms with Crippen molar-refractivity contribution in [2.75, 3.05) is 32.1 Å². The van der Waals surface area contributed by atoms with Crippen molar-refractivity contribution in [1.29, 1.82) is 0 Å². The van der Waals surface area contributed by atoms with Gasteiger partial charge in [0.05, 0.1) is 5.69 Å². The Bertz CT molecular complexity index is 342. The molecule has 0 aliphatic heterocycles. The lowest BCUT2D eigenvalue weighted by molar-refractivity contribution is 0.447. The van der Waals surface area contributed by atoms with Gasteiger partial charge >= 0.3 is 0 Å². The largest absolute Gasteiger partial charge is 0.371 e. The van der Waals surface area contributed by atoms with E-state index in [0.717, 1.165) is 6.07 Å². The number of anilines is 1. The Labute approximate surface area is 86.7 Å². The summed E-state index contributed by atoms with van der Waals surface area (Å²) in [6, 6.07) is 2.15. The first-order valence-corrected chi connectivity index (χ1v) is 4.57. The van der Waals surface area contributed by atoms with E-state index in [1.807, 2.05) is 0 Å². The summed E-state index contributed by atoms with van der Waals surface area (Å²) in [5.74, 6) is -3.74. The molecule has 0 unspecified atom stereocenters. The second-order valence-electron chi connectivity index (χ2n) is 3.22. The van der Waals surface area contributed by atoms with Crippen LogP contribution in [0.3, 0.4) is 0 Å². The molecule has 1 aromatic rings. The minimum absolute atomic E-state index is 0.0594. The highest BCUT2D eigenvalue weighted by atomic mass is 19.2. The van der Waals surface area contributed by atoms with Gasteiger partial charge in [-0.2, -0.15) is 0 Å². The van der Waals surface area contributed by atoms with E-state index in [2.05, 4.69) is 5.32 Å². The highest BCUT2D eigenvalue weighted by Crippen LogP contribution is 2.22. The number of hydrogen-bond donors (Lipinski definition) is 1. The van der Waals surface area contributed by atoms with Gasteiger partial charge in [0.25, 0.3) is 0 Å². The first kappa shape index (κ1) is 11.8. The zero-order valence-corrected chi connectivity index (χ0v) is 8.65. The number of hydrogen-bond acceptors (Lipinski definition) is 2. The second kappa shape index (κ2) is 5.02. The Hall–Kier alpha value is -1.23. The normalized spacial score (nSPS) is 10.5. The van der Waals surface area contributed by atoms with Crippen molar-refractivity contribution < 1.29 is 13.2 Å². The molecule has 0 saturated carbocycles. The van der Waals surface area contributed by atoms with E-state index in [1.54, 1.807) is 14.1 Å². The summed E-state index contributed by atoms with van der Waals surface area (Å²) in [5.41, 5.74) is 0.0594. The summed E-state index contributed by atoms with van der Waals surface area (Å²) in [6.07, 6.45) is 0. The molecule has 0 saturated heterocycles. The molecule has 1 aromatic carbocycles. The van der Waals surface area contributed by atoms with E-state index in [0.29, 0.717) is 13.1 Å². The Morgan fingerprint density at radius 2 is 1.87 bits per heavy atom. The van der Waals surface area contributed by atoms with Crippen LogP contribution in [0, 0.1) is 17.5 Å². The number of nitrogens with one attached hydrogen (secondary N) is 1. The van der Waals surface area contributed by atoms with Crippen LogP contribution >= 0.6 is 0 Å². The van der Waals surface area contributed by atoms with Crippen LogP contribution in [-0.4, -0.2) is 27.2 Å². The molecular weight excluding hydrogens is 205 g/mol. The predicted octanol–water partition coefficient (Wildman–Crippen LogP) is 1.76. The maximum absolute atomic E-state index is 13.3. The van der Waals surface area contributed by atoms with Crippen molar-refractivity contribution in [3.8, 4) is 0 Å². The van der Waals surface area contributed by atoms with Crippen molar-refractivity contribution in [2.45, 2.75) is 0 Å². The van der Waals surface area contributed by atoms with Crippen LogP contribution in [0.1, 0.15) is 0 Å². The van der Waals surface area contributed by atoms with E-state index in [4.69, 9.17) is 0 Å². The molecule has 0 atom stereocenters. The third kappa shape index (κ3) is 2.62. The quantitative estimate of drug-likeness (QED) is 0.775. The highest BCUT2D eigenvalue weighted by Gasteiger charge is 2.15. The summed E-state index contributed by atoms with van der Waals surface area (Å²) in [4.78, 5) is 1.52. The number of nitrogens with zero attached hydrogens (tertiary/aromatic N) is 1. The molecule has 0 spiro atoms. The molecule has 0 aliphatic rings. The fraction of sp³-hybridized carbons (Fsp3) is 0.400. The Morgan fingerprint density at radius 3 is 2.47 bits per heavy atom. The first-order valence-electron chi connectivity index (χ1n) is 4.57. The lowest BCUT2D eigenvalue weighted by Gasteiger charge is -2.19. The van der Waals surface area contributed by atoms with Gasteiger partial charge in [-0.3, -0.25) is 0 Å². The van der Waals surface area contributed by atoms with Crippen LogP contribution in [0.25, 0.3) is 0 Å². The summed E-state index contributed by atoms with van der Waals surface area (Å²) in [7, 11) is 3.38. The number of likely N-dealkylation sites (N-methyl/N-ethyl adjacent to an activating group) is 2. The van der Waals surface area contributed by atoms with Crippen LogP contribution in [0.5, 0.6) is 0 Å². The molecule has 0 aliphatic carbocycles. The Kier molecular flexibility index (Phi) is 3.96. The molecule has 0 amide bonds. The summed E-state index contributed by atoms with van der Waals surface area (Å²) in [5, 5.41) is 2.88. The minimum Gasteiger partial charge on any atom is -0.371 e. The lowest BCUT2D eigenvalue weighted by atomic mass is 10.2. The average molecular weight is 218 g/mol. The topological polar surface area (TPSA) is 15.3 Å². The van der Waals surface area contributed by atoms with Crippen molar-refractivity contribution in [3.63, 3.8) is 0 Å².